The summed E-state index contributed by atoms with van der Waals surface area (Å²) < 4.78 is 2.20. The molecule has 31 heavy (non-hydrogen) atoms. The molecule has 0 aliphatic rings. The van der Waals surface area contributed by atoms with E-state index >= 15 is 0 Å². The predicted octanol–water partition coefficient (Wildman–Crippen LogP) is 1.82. The SMILES string of the molecule is CN(Cc1ccccc1)C(=O)Cn1c(=O)c2cnc(-c3ccccc3)nc2n(C)c1=O. The topological polar surface area (TPSA) is 90.1 Å². The van der Waals surface area contributed by atoms with Crippen LogP contribution in [0.4, 0.5) is 0 Å². The van der Waals surface area contributed by atoms with Crippen molar-refractivity contribution in [1.29, 1.82) is 0 Å². The summed E-state index contributed by atoms with van der Waals surface area (Å²) in [6.45, 7) is 0.0249. The van der Waals surface area contributed by atoms with Gasteiger partial charge in [0.25, 0.3) is 5.56 Å². The Hall–Kier alpha value is -4.07. The molecule has 8 nitrogen and oxygen atoms in total. The molecule has 4 aromatic rings. The fraction of sp³-hybridized carbons (Fsp3) is 0.174. The molecular formula is C23H21N5O3. The van der Waals surface area contributed by atoms with Crippen LogP contribution in [-0.4, -0.2) is 37.0 Å². The van der Waals surface area contributed by atoms with Crippen LogP contribution in [0.2, 0.25) is 0 Å². The summed E-state index contributed by atoms with van der Waals surface area (Å²) in [6, 6.07) is 18.8. The van der Waals surface area contributed by atoms with Gasteiger partial charge >= 0.3 is 5.69 Å². The first-order chi connectivity index (χ1) is 15.0. The molecule has 8 heteroatoms. The Morgan fingerprint density at radius 2 is 1.65 bits per heavy atom. The van der Waals surface area contributed by atoms with Gasteiger partial charge in [-0.25, -0.2) is 14.8 Å². The maximum atomic E-state index is 13.0. The number of nitrogens with zero attached hydrogens (tertiary/aromatic N) is 5. The molecule has 0 aliphatic carbocycles. The smallest absolute Gasteiger partial charge is 0.332 e. The molecule has 1 amide bonds. The lowest BCUT2D eigenvalue weighted by Gasteiger charge is -2.18. The molecule has 0 atom stereocenters. The highest BCUT2D eigenvalue weighted by molar-refractivity contribution is 5.78. The molecule has 0 unspecified atom stereocenters. The van der Waals surface area contributed by atoms with E-state index in [1.807, 2.05) is 60.7 Å². The molecule has 0 bridgehead atoms. The van der Waals surface area contributed by atoms with E-state index in [9.17, 15) is 14.4 Å². The van der Waals surface area contributed by atoms with Crippen molar-refractivity contribution in [3.05, 3.63) is 93.3 Å². The van der Waals surface area contributed by atoms with Gasteiger partial charge in [-0.1, -0.05) is 60.7 Å². The minimum Gasteiger partial charge on any atom is -0.340 e. The molecular weight excluding hydrogens is 394 g/mol. The molecule has 0 radical (unpaired) electrons. The monoisotopic (exact) mass is 415 g/mol. The van der Waals surface area contributed by atoms with Crippen molar-refractivity contribution in [2.75, 3.05) is 7.05 Å². The maximum absolute atomic E-state index is 13.0. The first-order valence-corrected chi connectivity index (χ1v) is 9.75. The molecule has 0 N–H and O–H groups in total. The highest BCUT2D eigenvalue weighted by Gasteiger charge is 2.18. The summed E-state index contributed by atoms with van der Waals surface area (Å²) in [5, 5.41) is 0.181. The van der Waals surface area contributed by atoms with Gasteiger partial charge in [-0.15, -0.1) is 0 Å². The third kappa shape index (κ3) is 4.00. The second-order valence-electron chi connectivity index (χ2n) is 7.27. The lowest BCUT2D eigenvalue weighted by Crippen LogP contribution is -2.43. The van der Waals surface area contributed by atoms with Crippen molar-refractivity contribution in [3.8, 4) is 11.4 Å². The van der Waals surface area contributed by atoms with Gasteiger partial charge < -0.3 is 4.90 Å². The Bertz CT molecular complexity index is 1360. The molecule has 0 fully saturated rings. The molecule has 2 aromatic heterocycles. The number of aromatic nitrogens is 4. The largest absolute Gasteiger partial charge is 0.340 e. The van der Waals surface area contributed by atoms with Crippen molar-refractivity contribution < 1.29 is 4.79 Å². The van der Waals surface area contributed by atoms with E-state index in [4.69, 9.17) is 0 Å². The molecule has 0 spiro atoms. The molecule has 156 valence electrons. The number of benzene rings is 2. The van der Waals surface area contributed by atoms with Crippen molar-refractivity contribution in [2.45, 2.75) is 13.1 Å². The van der Waals surface area contributed by atoms with Crippen molar-refractivity contribution in [2.24, 2.45) is 7.05 Å². The quantitative estimate of drug-likeness (QED) is 0.496. The average Bonchev–Trinajstić information content (AvgIpc) is 2.81. The van der Waals surface area contributed by atoms with Gasteiger partial charge in [0, 0.05) is 32.4 Å². The number of aryl methyl sites for hydroxylation is 1. The van der Waals surface area contributed by atoms with E-state index < -0.39 is 11.2 Å². The molecule has 2 heterocycles. The van der Waals surface area contributed by atoms with E-state index in [1.54, 1.807) is 7.05 Å². The standard InChI is InChI=1S/C23H21N5O3/c1-26(14-16-9-5-3-6-10-16)19(29)15-28-22(30)18-13-24-20(17-11-7-4-8-12-17)25-21(18)27(2)23(28)31/h3-13H,14-15H2,1-2H3. The number of carbonyl (C=O) groups is 1. The average molecular weight is 415 g/mol. The Balaban J connectivity index is 1.68. The summed E-state index contributed by atoms with van der Waals surface area (Å²) in [7, 11) is 3.17. The minimum absolute atomic E-state index is 0.181. The zero-order valence-corrected chi connectivity index (χ0v) is 17.2. The first kappa shape index (κ1) is 20.2. The van der Waals surface area contributed by atoms with Gasteiger partial charge in [-0.05, 0) is 5.56 Å². The fourth-order valence-electron chi connectivity index (χ4n) is 3.35. The van der Waals surface area contributed by atoms with Gasteiger partial charge in [0.2, 0.25) is 5.91 Å². The molecule has 0 saturated carbocycles. The first-order valence-electron chi connectivity index (χ1n) is 9.75. The Morgan fingerprint density at radius 3 is 2.32 bits per heavy atom. The van der Waals surface area contributed by atoms with Crippen LogP contribution in [0, 0.1) is 0 Å². The number of carbonyl (C=O) groups excluding carboxylic acids is 1. The summed E-state index contributed by atoms with van der Waals surface area (Å²) in [5.41, 5.74) is 0.777. The van der Waals surface area contributed by atoms with Crippen LogP contribution < -0.4 is 11.2 Å². The van der Waals surface area contributed by atoms with Crippen LogP contribution in [-0.2, 0) is 24.9 Å². The number of rotatable bonds is 5. The van der Waals surface area contributed by atoms with Gasteiger partial charge in [-0.2, -0.15) is 0 Å². The lowest BCUT2D eigenvalue weighted by molar-refractivity contribution is -0.131. The lowest BCUT2D eigenvalue weighted by atomic mass is 10.2. The van der Waals surface area contributed by atoms with E-state index in [0.717, 1.165) is 15.7 Å². The summed E-state index contributed by atoms with van der Waals surface area (Å²) in [4.78, 5) is 48.7. The number of amides is 1. The summed E-state index contributed by atoms with van der Waals surface area (Å²) in [6.07, 6.45) is 1.40. The second-order valence-corrected chi connectivity index (χ2v) is 7.27. The van der Waals surface area contributed by atoms with Crippen LogP contribution in [0.1, 0.15) is 5.56 Å². The summed E-state index contributed by atoms with van der Waals surface area (Å²) in [5.74, 6) is 0.0724. The van der Waals surface area contributed by atoms with Crippen molar-refractivity contribution in [1.82, 2.24) is 24.0 Å². The number of hydrogen-bond donors (Lipinski definition) is 0. The number of hydrogen-bond acceptors (Lipinski definition) is 5. The second kappa shape index (κ2) is 8.35. The number of fused-ring (bicyclic) bond motifs is 1. The van der Waals surface area contributed by atoms with Gasteiger partial charge in [0.05, 0.1) is 0 Å². The normalized spacial score (nSPS) is 10.9. The van der Waals surface area contributed by atoms with Crippen LogP contribution >= 0.6 is 0 Å². The molecule has 2 aromatic carbocycles. The Kier molecular flexibility index (Phi) is 5.44. The van der Waals surface area contributed by atoms with Gasteiger partial charge in [0.15, 0.2) is 11.5 Å². The molecule has 0 saturated heterocycles. The Labute approximate surface area is 178 Å². The van der Waals surface area contributed by atoms with Gasteiger partial charge in [-0.3, -0.25) is 18.7 Å². The van der Waals surface area contributed by atoms with E-state index in [2.05, 4.69) is 9.97 Å². The fourth-order valence-corrected chi connectivity index (χ4v) is 3.35. The molecule has 4 rings (SSSR count). The van der Waals surface area contributed by atoms with Crippen LogP contribution in [0.5, 0.6) is 0 Å². The minimum atomic E-state index is -0.600. The van der Waals surface area contributed by atoms with E-state index in [-0.39, 0.29) is 23.5 Å². The Morgan fingerprint density at radius 1 is 1.00 bits per heavy atom. The predicted molar refractivity (Wildman–Crippen MR) is 117 cm³/mol. The zero-order valence-electron chi connectivity index (χ0n) is 17.2. The zero-order chi connectivity index (χ0) is 22.0. The van der Waals surface area contributed by atoms with Gasteiger partial charge in [0.1, 0.15) is 11.9 Å². The summed E-state index contributed by atoms with van der Waals surface area (Å²) >= 11 is 0. The maximum Gasteiger partial charge on any atom is 0.332 e. The third-order valence-electron chi connectivity index (χ3n) is 5.09. The van der Waals surface area contributed by atoms with Crippen LogP contribution in [0.25, 0.3) is 22.4 Å². The third-order valence-corrected chi connectivity index (χ3v) is 5.09. The van der Waals surface area contributed by atoms with E-state index in [0.29, 0.717) is 12.4 Å². The van der Waals surface area contributed by atoms with Crippen LogP contribution in [0.3, 0.4) is 0 Å². The van der Waals surface area contributed by atoms with Crippen molar-refractivity contribution in [3.63, 3.8) is 0 Å². The van der Waals surface area contributed by atoms with Crippen LogP contribution in [0.15, 0.2) is 76.4 Å². The van der Waals surface area contributed by atoms with E-state index in [1.165, 1.54) is 22.7 Å². The highest BCUT2D eigenvalue weighted by atomic mass is 16.2. The number of likely N-dealkylation sites (N-methyl/N-ethyl adjacent to an activating group) is 1. The van der Waals surface area contributed by atoms with Crippen molar-refractivity contribution >= 4 is 16.9 Å². The molecule has 0 aliphatic heterocycles. The highest BCUT2D eigenvalue weighted by Crippen LogP contribution is 2.15.